The van der Waals surface area contributed by atoms with Crippen LogP contribution in [0.25, 0.3) is 0 Å². The van der Waals surface area contributed by atoms with Gasteiger partial charge in [0.2, 0.25) is 15.9 Å². The lowest BCUT2D eigenvalue weighted by molar-refractivity contribution is -0.120. The molecule has 1 aromatic rings. The number of nitrogens with one attached hydrogen (secondary N) is 1. The zero-order valence-corrected chi connectivity index (χ0v) is 17.8. The van der Waals surface area contributed by atoms with E-state index in [4.69, 9.17) is 0 Å². The summed E-state index contributed by atoms with van der Waals surface area (Å²) in [5.41, 5.74) is 0.487. The van der Waals surface area contributed by atoms with Crippen molar-refractivity contribution < 1.29 is 13.2 Å². The molecule has 0 bridgehead atoms. The molecule has 1 N–H and O–H groups in total. The van der Waals surface area contributed by atoms with Gasteiger partial charge < -0.3 is 10.2 Å². The van der Waals surface area contributed by atoms with Gasteiger partial charge in [0.25, 0.3) is 0 Å². The highest BCUT2D eigenvalue weighted by atomic mass is 32.2. The molecule has 2 rings (SSSR count). The molecule has 0 radical (unpaired) electrons. The summed E-state index contributed by atoms with van der Waals surface area (Å²) >= 11 is 0. The average Bonchev–Trinajstić information content (AvgIpc) is 2.61. The fourth-order valence-electron chi connectivity index (χ4n) is 3.38. The Bertz CT molecular complexity index is 751. The van der Waals surface area contributed by atoms with Gasteiger partial charge in [-0.2, -0.15) is 0 Å². The van der Waals surface area contributed by atoms with Crippen molar-refractivity contribution in [2.75, 3.05) is 53.1 Å². The Morgan fingerprint density at radius 1 is 1.33 bits per heavy atom. The van der Waals surface area contributed by atoms with Crippen molar-refractivity contribution in [2.24, 2.45) is 5.92 Å². The van der Waals surface area contributed by atoms with Crippen LogP contribution in [0.4, 0.5) is 5.69 Å². The maximum atomic E-state index is 12.6. The van der Waals surface area contributed by atoms with E-state index in [0.29, 0.717) is 11.6 Å². The standard InChI is InChI=1S/C19H32N4O3S/c1-15(23(5)14-16-8-7-11-22(4)13-16)19(24)20-17-9-6-10-18(12-17)27(25,26)21(2)3/h6,9-10,12,15-16H,7-8,11,13-14H2,1-5H3,(H,20,24). The number of benzene rings is 1. The topological polar surface area (TPSA) is 73.0 Å². The van der Waals surface area contributed by atoms with Crippen LogP contribution in [-0.2, 0) is 14.8 Å². The van der Waals surface area contributed by atoms with Crippen LogP contribution < -0.4 is 5.32 Å². The molecule has 1 aromatic carbocycles. The van der Waals surface area contributed by atoms with Gasteiger partial charge in [-0.1, -0.05) is 6.07 Å². The molecule has 27 heavy (non-hydrogen) atoms. The van der Waals surface area contributed by atoms with E-state index in [-0.39, 0.29) is 16.8 Å². The number of sulfonamides is 1. The van der Waals surface area contributed by atoms with Crippen LogP contribution in [-0.4, -0.2) is 82.3 Å². The van der Waals surface area contributed by atoms with E-state index in [1.165, 1.54) is 39.1 Å². The Balaban J connectivity index is 1.99. The zero-order valence-electron chi connectivity index (χ0n) is 17.0. The van der Waals surface area contributed by atoms with Crippen molar-refractivity contribution in [3.05, 3.63) is 24.3 Å². The molecule has 0 saturated carbocycles. The average molecular weight is 397 g/mol. The fraction of sp³-hybridized carbons (Fsp3) is 0.632. The van der Waals surface area contributed by atoms with Crippen molar-refractivity contribution in [1.29, 1.82) is 0 Å². The first kappa shape index (κ1) is 21.8. The Hall–Kier alpha value is -1.48. The molecular formula is C19H32N4O3S. The number of likely N-dealkylation sites (tertiary alicyclic amines) is 1. The molecule has 7 nitrogen and oxygen atoms in total. The lowest BCUT2D eigenvalue weighted by atomic mass is 9.97. The zero-order chi connectivity index (χ0) is 20.2. The van der Waals surface area contributed by atoms with Gasteiger partial charge in [0, 0.05) is 32.9 Å². The molecule has 1 aliphatic rings. The second kappa shape index (κ2) is 9.14. The van der Waals surface area contributed by atoms with Gasteiger partial charge in [-0.15, -0.1) is 0 Å². The van der Waals surface area contributed by atoms with Crippen LogP contribution in [0, 0.1) is 5.92 Å². The predicted molar refractivity (Wildman–Crippen MR) is 108 cm³/mol. The normalized spacial score (nSPS) is 20.0. The van der Waals surface area contributed by atoms with Gasteiger partial charge in [-0.05, 0) is 64.5 Å². The molecule has 1 heterocycles. The number of anilines is 1. The first-order valence-electron chi connectivity index (χ1n) is 9.33. The van der Waals surface area contributed by atoms with Crippen molar-refractivity contribution >= 4 is 21.6 Å². The van der Waals surface area contributed by atoms with E-state index in [1.807, 2.05) is 14.0 Å². The number of likely N-dealkylation sites (N-methyl/N-ethyl adjacent to an activating group) is 1. The van der Waals surface area contributed by atoms with E-state index < -0.39 is 10.0 Å². The smallest absolute Gasteiger partial charge is 0.242 e. The maximum absolute atomic E-state index is 12.6. The SMILES string of the molecule is CC(C(=O)Nc1cccc(S(=O)(=O)N(C)C)c1)N(C)CC1CCCN(C)C1. The molecule has 1 amide bonds. The molecular weight excluding hydrogens is 364 g/mol. The molecule has 1 saturated heterocycles. The maximum Gasteiger partial charge on any atom is 0.242 e. The lowest BCUT2D eigenvalue weighted by Crippen LogP contribution is -2.45. The summed E-state index contributed by atoms with van der Waals surface area (Å²) < 4.78 is 25.7. The Morgan fingerprint density at radius 3 is 2.67 bits per heavy atom. The molecule has 8 heteroatoms. The molecule has 1 aliphatic heterocycles. The van der Waals surface area contributed by atoms with E-state index in [2.05, 4.69) is 22.2 Å². The molecule has 0 aliphatic carbocycles. The number of rotatable bonds is 7. The number of amides is 1. The molecule has 2 unspecified atom stereocenters. The second-order valence-corrected chi connectivity index (χ2v) is 9.84. The molecule has 0 spiro atoms. The third-order valence-electron chi connectivity index (χ3n) is 5.19. The highest BCUT2D eigenvalue weighted by Gasteiger charge is 2.24. The van der Waals surface area contributed by atoms with Crippen LogP contribution in [0.2, 0.25) is 0 Å². The number of carbonyl (C=O) groups is 1. The van der Waals surface area contributed by atoms with Crippen LogP contribution in [0.3, 0.4) is 0 Å². The highest BCUT2D eigenvalue weighted by Crippen LogP contribution is 2.19. The van der Waals surface area contributed by atoms with Crippen LogP contribution >= 0.6 is 0 Å². The van der Waals surface area contributed by atoms with Crippen molar-refractivity contribution in [3.8, 4) is 0 Å². The minimum atomic E-state index is -3.53. The lowest BCUT2D eigenvalue weighted by Gasteiger charge is -2.34. The van der Waals surface area contributed by atoms with E-state index >= 15 is 0 Å². The third kappa shape index (κ3) is 5.75. The Labute approximate surface area is 163 Å². The van der Waals surface area contributed by atoms with Crippen molar-refractivity contribution in [3.63, 3.8) is 0 Å². The van der Waals surface area contributed by atoms with Gasteiger partial charge in [0.1, 0.15) is 0 Å². The second-order valence-electron chi connectivity index (χ2n) is 7.69. The van der Waals surface area contributed by atoms with Gasteiger partial charge in [-0.3, -0.25) is 9.69 Å². The Morgan fingerprint density at radius 2 is 2.04 bits per heavy atom. The minimum absolute atomic E-state index is 0.138. The fourth-order valence-corrected chi connectivity index (χ4v) is 4.33. The van der Waals surface area contributed by atoms with E-state index in [0.717, 1.165) is 23.9 Å². The summed E-state index contributed by atoms with van der Waals surface area (Å²) in [4.78, 5) is 17.2. The summed E-state index contributed by atoms with van der Waals surface area (Å²) in [6.45, 7) is 4.95. The number of hydrogen-bond acceptors (Lipinski definition) is 5. The van der Waals surface area contributed by atoms with Crippen LogP contribution in [0.15, 0.2) is 29.2 Å². The van der Waals surface area contributed by atoms with E-state index in [1.54, 1.807) is 12.1 Å². The highest BCUT2D eigenvalue weighted by molar-refractivity contribution is 7.89. The molecule has 0 aromatic heterocycles. The number of nitrogens with zero attached hydrogens (tertiary/aromatic N) is 3. The Kier molecular flexibility index (Phi) is 7.39. The van der Waals surface area contributed by atoms with Crippen molar-refractivity contribution in [1.82, 2.24) is 14.1 Å². The summed E-state index contributed by atoms with van der Waals surface area (Å²) in [7, 11) is 3.54. The first-order valence-corrected chi connectivity index (χ1v) is 10.8. The molecule has 2 atom stereocenters. The van der Waals surface area contributed by atoms with Gasteiger partial charge in [0.05, 0.1) is 10.9 Å². The monoisotopic (exact) mass is 396 g/mol. The molecule has 1 fully saturated rings. The molecule has 152 valence electrons. The summed E-state index contributed by atoms with van der Waals surface area (Å²) in [6.07, 6.45) is 2.39. The van der Waals surface area contributed by atoms with Gasteiger partial charge >= 0.3 is 0 Å². The first-order chi connectivity index (χ1) is 12.6. The number of hydrogen-bond donors (Lipinski definition) is 1. The van der Waals surface area contributed by atoms with Crippen LogP contribution in [0.5, 0.6) is 0 Å². The summed E-state index contributed by atoms with van der Waals surface area (Å²) in [6, 6.07) is 6.07. The van der Waals surface area contributed by atoms with E-state index in [9.17, 15) is 13.2 Å². The number of piperidine rings is 1. The van der Waals surface area contributed by atoms with Gasteiger partial charge in [0.15, 0.2) is 0 Å². The largest absolute Gasteiger partial charge is 0.325 e. The van der Waals surface area contributed by atoms with Crippen molar-refractivity contribution in [2.45, 2.75) is 30.7 Å². The minimum Gasteiger partial charge on any atom is -0.325 e. The summed E-state index contributed by atoms with van der Waals surface area (Å²) in [5, 5.41) is 2.85. The predicted octanol–water partition coefficient (Wildman–Crippen LogP) is 1.54. The summed E-state index contributed by atoms with van der Waals surface area (Å²) in [5.74, 6) is 0.429. The van der Waals surface area contributed by atoms with Gasteiger partial charge in [-0.25, -0.2) is 12.7 Å². The number of carbonyl (C=O) groups excluding carboxylic acids is 1. The third-order valence-corrected chi connectivity index (χ3v) is 7.00. The van der Waals surface area contributed by atoms with Crippen LogP contribution in [0.1, 0.15) is 19.8 Å². The quantitative estimate of drug-likeness (QED) is 0.757.